The van der Waals surface area contributed by atoms with Crippen LogP contribution in [0.15, 0.2) is 47.5 Å². The second-order valence-electron chi connectivity index (χ2n) is 8.45. The molecule has 0 saturated carbocycles. The first-order chi connectivity index (χ1) is 15.2. The third kappa shape index (κ3) is 3.86. The van der Waals surface area contributed by atoms with Crippen LogP contribution < -0.4 is 10.9 Å². The molecule has 2 aromatic heterocycles. The SMILES string of the molecule is Cc1ccc(C)c(NC(=O)C(C)n2cnc3sc(C)c(-c4ccc(C)c(C)c4)c3c2=O)c1. The van der Waals surface area contributed by atoms with Crippen LogP contribution >= 0.6 is 11.3 Å². The highest BCUT2D eigenvalue weighted by Crippen LogP contribution is 2.36. The zero-order chi connectivity index (χ0) is 23.2. The highest BCUT2D eigenvalue weighted by molar-refractivity contribution is 7.19. The van der Waals surface area contributed by atoms with Crippen molar-refractivity contribution < 1.29 is 4.79 Å². The molecule has 1 N–H and O–H groups in total. The first kappa shape index (κ1) is 22.0. The normalized spacial score (nSPS) is 12.2. The first-order valence-corrected chi connectivity index (χ1v) is 11.4. The molecule has 1 amide bonds. The average Bonchev–Trinajstić information content (AvgIpc) is 3.09. The van der Waals surface area contributed by atoms with Gasteiger partial charge in [-0.05, 0) is 75.4 Å². The van der Waals surface area contributed by atoms with Crippen LogP contribution in [0.2, 0.25) is 0 Å². The summed E-state index contributed by atoms with van der Waals surface area (Å²) in [5.41, 5.74) is 6.88. The predicted molar refractivity (Wildman–Crippen MR) is 133 cm³/mol. The molecule has 0 radical (unpaired) electrons. The summed E-state index contributed by atoms with van der Waals surface area (Å²) in [6, 6.07) is 11.4. The van der Waals surface area contributed by atoms with Gasteiger partial charge >= 0.3 is 0 Å². The number of benzene rings is 2. The molecule has 2 heterocycles. The summed E-state index contributed by atoms with van der Waals surface area (Å²) in [6.45, 7) is 11.8. The van der Waals surface area contributed by atoms with Crippen LogP contribution in [-0.4, -0.2) is 15.5 Å². The molecule has 0 saturated heterocycles. The fourth-order valence-corrected chi connectivity index (χ4v) is 4.87. The maximum absolute atomic E-state index is 13.6. The molecule has 32 heavy (non-hydrogen) atoms. The molecule has 2 aromatic carbocycles. The highest BCUT2D eigenvalue weighted by atomic mass is 32.1. The van der Waals surface area contributed by atoms with Crippen LogP contribution in [0.5, 0.6) is 0 Å². The standard InChI is InChI=1S/C26H27N3O2S/c1-14-7-8-16(3)21(11-14)28-24(30)18(5)29-13-27-25-23(26(29)31)22(19(6)32-25)20-10-9-15(2)17(4)12-20/h7-13,18H,1-6H3,(H,28,30). The molecule has 0 aliphatic carbocycles. The van der Waals surface area contributed by atoms with E-state index in [1.165, 1.54) is 33.4 Å². The number of hydrogen-bond donors (Lipinski definition) is 1. The van der Waals surface area contributed by atoms with Crippen molar-refractivity contribution in [1.82, 2.24) is 9.55 Å². The third-order valence-corrected chi connectivity index (χ3v) is 7.07. The number of aromatic nitrogens is 2. The van der Waals surface area contributed by atoms with Crippen molar-refractivity contribution in [2.45, 2.75) is 47.6 Å². The van der Waals surface area contributed by atoms with Gasteiger partial charge in [-0.2, -0.15) is 0 Å². The molecule has 164 valence electrons. The van der Waals surface area contributed by atoms with Crippen molar-refractivity contribution in [3.63, 3.8) is 0 Å². The molecular weight excluding hydrogens is 418 g/mol. The average molecular weight is 446 g/mol. The van der Waals surface area contributed by atoms with Gasteiger partial charge in [0.2, 0.25) is 5.91 Å². The summed E-state index contributed by atoms with van der Waals surface area (Å²) in [4.78, 5) is 32.8. The van der Waals surface area contributed by atoms with Crippen molar-refractivity contribution >= 4 is 33.1 Å². The summed E-state index contributed by atoms with van der Waals surface area (Å²) < 4.78 is 1.43. The zero-order valence-corrected chi connectivity index (χ0v) is 20.1. The molecular formula is C26H27N3O2S. The fraction of sp³-hybridized carbons (Fsp3) is 0.269. The van der Waals surface area contributed by atoms with Gasteiger partial charge < -0.3 is 5.32 Å². The summed E-state index contributed by atoms with van der Waals surface area (Å²) in [6.07, 6.45) is 1.48. The Morgan fingerprint density at radius 3 is 2.44 bits per heavy atom. The minimum atomic E-state index is -0.702. The van der Waals surface area contributed by atoms with E-state index in [1.807, 2.05) is 45.0 Å². The number of thiophene rings is 1. The lowest BCUT2D eigenvalue weighted by Crippen LogP contribution is -2.32. The van der Waals surface area contributed by atoms with Crippen molar-refractivity contribution in [1.29, 1.82) is 0 Å². The van der Waals surface area contributed by atoms with Crippen molar-refractivity contribution in [2.75, 3.05) is 5.32 Å². The smallest absolute Gasteiger partial charge is 0.263 e. The Hall–Kier alpha value is -3.25. The molecule has 5 nitrogen and oxygen atoms in total. The Morgan fingerprint density at radius 2 is 1.72 bits per heavy atom. The van der Waals surface area contributed by atoms with Gasteiger partial charge in [0.25, 0.3) is 5.56 Å². The lowest BCUT2D eigenvalue weighted by Gasteiger charge is -2.16. The van der Waals surface area contributed by atoms with Gasteiger partial charge in [-0.25, -0.2) is 4.98 Å². The van der Waals surface area contributed by atoms with Gasteiger partial charge in [-0.1, -0.05) is 30.3 Å². The van der Waals surface area contributed by atoms with Gasteiger partial charge in [0.1, 0.15) is 10.9 Å². The summed E-state index contributed by atoms with van der Waals surface area (Å²) in [5, 5.41) is 3.54. The van der Waals surface area contributed by atoms with E-state index >= 15 is 0 Å². The maximum atomic E-state index is 13.6. The lowest BCUT2D eigenvalue weighted by molar-refractivity contribution is -0.118. The number of fused-ring (bicyclic) bond motifs is 1. The maximum Gasteiger partial charge on any atom is 0.263 e. The Kier molecular flexibility index (Phi) is 5.73. The van der Waals surface area contributed by atoms with E-state index in [9.17, 15) is 9.59 Å². The summed E-state index contributed by atoms with van der Waals surface area (Å²) >= 11 is 1.51. The van der Waals surface area contributed by atoms with E-state index in [4.69, 9.17) is 0 Å². The second kappa shape index (κ2) is 8.36. The topological polar surface area (TPSA) is 64.0 Å². The Labute approximate surface area is 191 Å². The molecule has 0 fully saturated rings. The van der Waals surface area contributed by atoms with E-state index in [0.717, 1.165) is 32.8 Å². The zero-order valence-electron chi connectivity index (χ0n) is 19.2. The van der Waals surface area contributed by atoms with E-state index in [1.54, 1.807) is 6.92 Å². The largest absolute Gasteiger partial charge is 0.324 e. The van der Waals surface area contributed by atoms with Gasteiger partial charge in [0.15, 0.2) is 0 Å². The molecule has 0 aliphatic rings. The van der Waals surface area contributed by atoms with Crippen LogP contribution in [0.4, 0.5) is 5.69 Å². The highest BCUT2D eigenvalue weighted by Gasteiger charge is 2.22. The number of carbonyl (C=O) groups excluding carboxylic acids is 1. The first-order valence-electron chi connectivity index (χ1n) is 10.6. The molecule has 0 spiro atoms. The van der Waals surface area contributed by atoms with Crippen LogP contribution in [0, 0.1) is 34.6 Å². The van der Waals surface area contributed by atoms with Crippen molar-refractivity contribution in [2.24, 2.45) is 0 Å². The van der Waals surface area contributed by atoms with E-state index in [0.29, 0.717) is 10.2 Å². The lowest BCUT2D eigenvalue weighted by atomic mass is 9.99. The molecule has 0 aliphatic heterocycles. The molecule has 4 rings (SSSR count). The van der Waals surface area contributed by atoms with Crippen LogP contribution in [0.1, 0.15) is 40.1 Å². The monoisotopic (exact) mass is 445 g/mol. The van der Waals surface area contributed by atoms with Gasteiger partial charge in [-0.3, -0.25) is 14.2 Å². The minimum Gasteiger partial charge on any atom is -0.324 e. The van der Waals surface area contributed by atoms with Gasteiger partial charge in [0.05, 0.1) is 11.7 Å². The Morgan fingerprint density at radius 1 is 1.00 bits per heavy atom. The van der Waals surface area contributed by atoms with Gasteiger partial charge in [-0.15, -0.1) is 11.3 Å². The quantitative estimate of drug-likeness (QED) is 0.427. The predicted octanol–water partition coefficient (Wildman–Crippen LogP) is 5.87. The third-order valence-electron chi connectivity index (χ3n) is 6.06. The number of nitrogens with one attached hydrogen (secondary N) is 1. The molecule has 4 aromatic rings. The summed E-state index contributed by atoms with van der Waals surface area (Å²) in [5.74, 6) is -0.248. The molecule has 6 heteroatoms. The molecule has 0 bridgehead atoms. The van der Waals surface area contributed by atoms with Gasteiger partial charge in [0, 0.05) is 16.1 Å². The van der Waals surface area contributed by atoms with Crippen LogP contribution in [0.3, 0.4) is 0 Å². The fourth-order valence-electron chi connectivity index (χ4n) is 3.87. The van der Waals surface area contributed by atoms with Crippen molar-refractivity contribution in [3.05, 3.63) is 80.2 Å². The molecule has 1 unspecified atom stereocenters. The van der Waals surface area contributed by atoms with E-state index in [-0.39, 0.29) is 11.5 Å². The number of aryl methyl sites for hydroxylation is 5. The van der Waals surface area contributed by atoms with Crippen LogP contribution in [-0.2, 0) is 4.79 Å². The second-order valence-corrected chi connectivity index (χ2v) is 9.66. The number of nitrogens with zero attached hydrogens (tertiary/aromatic N) is 2. The Balaban J connectivity index is 1.77. The van der Waals surface area contributed by atoms with E-state index < -0.39 is 6.04 Å². The molecule has 1 atom stereocenters. The minimum absolute atomic E-state index is 0.198. The van der Waals surface area contributed by atoms with Crippen LogP contribution in [0.25, 0.3) is 21.3 Å². The van der Waals surface area contributed by atoms with E-state index in [2.05, 4.69) is 36.3 Å². The number of carbonyl (C=O) groups is 1. The Bertz CT molecular complexity index is 1410. The number of hydrogen-bond acceptors (Lipinski definition) is 4. The summed E-state index contributed by atoms with van der Waals surface area (Å²) in [7, 11) is 0. The number of anilines is 1. The number of amides is 1. The number of rotatable bonds is 4. The van der Waals surface area contributed by atoms with Crippen molar-refractivity contribution in [3.8, 4) is 11.1 Å².